The fraction of sp³-hybridized carbons (Fsp3) is 0.440. The smallest absolute Gasteiger partial charge is 0.159 e. The van der Waals surface area contributed by atoms with E-state index in [1.54, 1.807) is 38.1 Å². The Bertz CT molecular complexity index is 982. The molecule has 2 aliphatic heterocycles. The molecular formula is C25H32N8O2. The Balaban J connectivity index is 1.26. The Hall–Kier alpha value is -3.50. The van der Waals surface area contributed by atoms with E-state index in [1.165, 1.54) is 0 Å². The summed E-state index contributed by atoms with van der Waals surface area (Å²) in [5, 5.41) is 21.5. The van der Waals surface area contributed by atoms with Gasteiger partial charge in [-0.05, 0) is 75.2 Å². The maximum Gasteiger partial charge on any atom is 0.159 e. The van der Waals surface area contributed by atoms with Gasteiger partial charge in [0.15, 0.2) is 11.6 Å². The van der Waals surface area contributed by atoms with Gasteiger partial charge in [-0.2, -0.15) is 0 Å². The molecule has 2 fully saturated rings. The van der Waals surface area contributed by atoms with Gasteiger partial charge in [0, 0.05) is 37.3 Å². The van der Waals surface area contributed by atoms with Gasteiger partial charge in [0.1, 0.15) is 0 Å². The van der Waals surface area contributed by atoms with E-state index in [9.17, 15) is 9.59 Å². The maximum absolute atomic E-state index is 11.4. The minimum Gasteiger partial charge on any atom is -0.295 e. The molecule has 2 heterocycles. The quantitative estimate of drug-likeness (QED) is 0.405. The standard InChI is InChI=1S/C25H32N8O2/c1-20(34)22-5-9-24(10-6-22)26-28-32-15-3-13-30(18-32)17-31-14-4-16-33(19-31)29-27-25-11-7-23(8-12-25)21(2)35/h5-12H,3-4,13-19H2,1-2H3. The topological polar surface area (TPSA) is 96.5 Å². The second-order valence-electron chi connectivity index (χ2n) is 8.97. The van der Waals surface area contributed by atoms with Gasteiger partial charge in [0.05, 0.1) is 31.4 Å². The fourth-order valence-corrected chi connectivity index (χ4v) is 4.11. The lowest BCUT2D eigenvalue weighted by molar-refractivity contribution is -0.00455. The third kappa shape index (κ3) is 7.24. The summed E-state index contributed by atoms with van der Waals surface area (Å²) in [5.74, 6) is 0.0856. The molecule has 184 valence electrons. The maximum atomic E-state index is 11.4. The summed E-state index contributed by atoms with van der Waals surface area (Å²) in [5.41, 5.74) is 2.82. The number of hydrogen-bond acceptors (Lipinski definition) is 8. The van der Waals surface area contributed by atoms with E-state index < -0.39 is 0 Å². The summed E-state index contributed by atoms with van der Waals surface area (Å²) in [6, 6.07) is 14.4. The van der Waals surface area contributed by atoms with Gasteiger partial charge in [0.2, 0.25) is 0 Å². The van der Waals surface area contributed by atoms with E-state index in [2.05, 4.69) is 30.5 Å². The Morgan fingerprint density at radius 1 is 0.657 bits per heavy atom. The Kier molecular flexibility index (Phi) is 8.27. The molecule has 0 bridgehead atoms. The summed E-state index contributed by atoms with van der Waals surface area (Å²) < 4.78 is 0. The van der Waals surface area contributed by atoms with Crippen LogP contribution in [0.15, 0.2) is 69.2 Å². The molecule has 0 aromatic heterocycles. The highest BCUT2D eigenvalue weighted by molar-refractivity contribution is 5.94. The molecule has 4 rings (SSSR count). The Morgan fingerprint density at radius 3 is 1.43 bits per heavy atom. The van der Waals surface area contributed by atoms with Crippen molar-refractivity contribution in [1.29, 1.82) is 0 Å². The van der Waals surface area contributed by atoms with E-state index >= 15 is 0 Å². The van der Waals surface area contributed by atoms with E-state index in [0.717, 1.165) is 70.4 Å². The van der Waals surface area contributed by atoms with Crippen LogP contribution < -0.4 is 0 Å². The number of benzene rings is 2. The third-order valence-electron chi connectivity index (χ3n) is 6.03. The molecule has 2 saturated heterocycles. The first-order chi connectivity index (χ1) is 17.0. The normalized spacial score (nSPS) is 18.0. The zero-order chi connectivity index (χ0) is 24.6. The lowest BCUT2D eigenvalue weighted by atomic mass is 10.1. The molecule has 2 aromatic rings. The van der Waals surface area contributed by atoms with Crippen molar-refractivity contribution in [2.24, 2.45) is 20.7 Å². The van der Waals surface area contributed by atoms with Crippen LogP contribution >= 0.6 is 0 Å². The summed E-state index contributed by atoms with van der Waals surface area (Å²) in [6.45, 7) is 9.14. The molecule has 0 atom stereocenters. The molecule has 10 nitrogen and oxygen atoms in total. The highest BCUT2D eigenvalue weighted by Crippen LogP contribution is 2.18. The molecule has 0 unspecified atom stereocenters. The summed E-state index contributed by atoms with van der Waals surface area (Å²) in [4.78, 5) is 27.6. The van der Waals surface area contributed by atoms with Crippen molar-refractivity contribution in [3.8, 4) is 0 Å². The van der Waals surface area contributed by atoms with Crippen LogP contribution in [-0.2, 0) is 0 Å². The SMILES string of the molecule is CC(=O)c1ccc(N=NN2CCCN(CN3CCCN(N=Nc4ccc(C(C)=O)cc4)C3)C2)cc1. The minimum absolute atomic E-state index is 0.0428. The van der Waals surface area contributed by atoms with E-state index in [0.29, 0.717) is 11.1 Å². The van der Waals surface area contributed by atoms with Gasteiger partial charge in [0.25, 0.3) is 0 Å². The van der Waals surface area contributed by atoms with Crippen molar-refractivity contribution in [1.82, 2.24) is 19.8 Å². The van der Waals surface area contributed by atoms with Crippen LogP contribution in [0.4, 0.5) is 11.4 Å². The average molecular weight is 477 g/mol. The van der Waals surface area contributed by atoms with Crippen LogP contribution in [0, 0.1) is 0 Å². The molecule has 2 aromatic carbocycles. The first-order valence-electron chi connectivity index (χ1n) is 12.0. The van der Waals surface area contributed by atoms with Crippen LogP contribution in [0.1, 0.15) is 47.4 Å². The predicted molar refractivity (Wildman–Crippen MR) is 133 cm³/mol. The third-order valence-corrected chi connectivity index (χ3v) is 6.03. The molecule has 0 saturated carbocycles. The lowest BCUT2D eigenvalue weighted by Crippen LogP contribution is -2.51. The van der Waals surface area contributed by atoms with Crippen LogP contribution in [0.2, 0.25) is 0 Å². The highest BCUT2D eigenvalue weighted by atomic mass is 16.1. The molecular weight excluding hydrogens is 444 g/mol. The molecule has 0 N–H and O–H groups in total. The van der Waals surface area contributed by atoms with Gasteiger partial charge in [-0.15, -0.1) is 10.2 Å². The van der Waals surface area contributed by atoms with Crippen molar-refractivity contribution in [3.05, 3.63) is 59.7 Å². The summed E-state index contributed by atoms with van der Waals surface area (Å²) >= 11 is 0. The Morgan fingerprint density at radius 2 is 1.06 bits per heavy atom. The first kappa shape index (κ1) is 24.6. The van der Waals surface area contributed by atoms with Crippen molar-refractivity contribution in [2.45, 2.75) is 26.7 Å². The van der Waals surface area contributed by atoms with Crippen LogP contribution in [0.3, 0.4) is 0 Å². The largest absolute Gasteiger partial charge is 0.295 e. The van der Waals surface area contributed by atoms with E-state index in [1.807, 2.05) is 34.3 Å². The van der Waals surface area contributed by atoms with Crippen molar-refractivity contribution < 1.29 is 9.59 Å². The number of ketones is 2. The average Bonchev–Trinajstić information content (AvgIpc) is 2.87. The van der Waals surface area contributed by atoms with Gasteiger partial charge in [-0.25, -0.2) is 0 Å². The fourth-order valence-electron chi connectivity index (χ4n) is 4.11. The van der Waals surface area contributed by atoms with Crippen molar-refractivity contribution >= 4 is 22.9 Å². The molecule has 0 radical (unpaired) electrons. The molecule has 0 amide bonds. The van der Waals surface area contributed by atoms with Crippen LogP contribution in [-0.4, -0.2) is 77.6 Å². The zero-order valence-electron chi connectivity index (χ0n) is 20.4. The highest BCUT2D eigenvalue weighted by Gasteiger charge is 2.22. The first-order valence-corrected chi connectivity index (χ1v) is 12.0. The minimum atomic E-state index is 0.0428. The lowest BCUT2D eigenvalue weighted by Gasteiger charge is -2.39. The predicted octanol–water partition coefficient (Wildman–Crippen LogP) is 4.68. The number of carbonyl (C=O) groups excluding carboxylic acids is 2. The van der Waals surface area contributed by atoms with Crippen LogP contribution in [0.5, 0.6) is 0 Å². The van der Waals surface area contributed by atoms with Gasteiger partial charge < -0.3 is 0 Å². The molecule has 35 heavy (non-hydrogen) atoms. The second kappa shape index (κ2) is 11.8. The number of carbonyl (C=O) groups is 2. The number of hydrogen-bond donors (Lipinski definition) is 0. The number of Topliss-reactive ketones (excluding diaryl/α,β-unsaturated/α-hetero) is 2. The molecule has 0 aliphatic carbocycles. The summed E-state index contributed by atoms with van der Waals surface area (Å²) in [6.07, 6.45) is 2.05. The molecule has 10 heteroatoms. The monoisotopic (exact) mass is 476 g/mol. The van der Waals surface area contributed by atoms with Gasteiger partial charge in [-0.1, -0.05) is 10.4 Å². The van der Waals surface area contributed by atoms with Gasteiger partial charge in [-0.3, -0.25) is 29.4 Å². The van der Waals surface area contributed by atoms with Crippen molar-refractivity contribution in [3.63, 3.8) is 0 Å². The number of rotatable bonds is 8. The second-order valence-corrected chi connectivity index (χ2v) is 8.97. The zero-order valence-corrected chi connectivity index (χ0v) is 20.4. The number of nitrogens with zero attached hydrogens (tertiary/aromatic N) is 8. The Labute approximate surface area is 205 Å². The van der Waals surface area contributed by atoms with Gasteiger partial charge >= 0.3 is 0 Å². The van der Waals surface area contributed by atoms with E-state index in [-0.39, 0.29) is 11.6 Å². The van der Waals surface area contributed by atoms with Crippen LogP contribution in [0.25, 0.3) is 0 Å². The molecule has 0 spiro atoms. The van der Waals surface area contributed by atoms with Crippen molar-refractivity contribution in [2.75, 3.05) is 46.2 Å². The summed E-state index contributed by atoms with van der Waals surface area (Å²) in [7, 11) is 0. The van der Waals surface area contributed by atoms with E-state index in [4.69, 9.17) is 0 Å². The molecule has 2 aliphatic rings.